The second kappa shape index (κ2) is 4.73. The lowest BCUT2D eigenvalue weighted by molar-refractivity contribution is 1.34. The molecular formula is C11H13ClS. The lowest BCUT2D eigenvalue weighted by Gasteiger charge is -2.05. The Morgan fingerprint density at radius 3 is 2.62 bits per heavy atom. The monoisotopic (exact) mass is 212 g/mol. The predicted molar refractivity (Wildman–Crippen MR) is 62.7 cm³/mol. The summed E-state index contributed by atoms with van der Waals surface area (Å²) in [4.78, 5) is 1.15. The van der Waals surface area contributed by atoms with Gasteiger partial charge in [-0.2, -0.15) is 0 Å². The Morgan fingerprint density at radius 1 is 1.38 bits per heavy atom. The topological polar surface area (TPSA) is 0 Å². The van der Waals surface area contributed by atoms with E-state index in [-0.39, 0.29) is 0 Å². The quantitative estimate of drug-likeness (QED) is 0.655. The van der Waals surface area contributed by atoms with Crippen LogP contribution in [0.2, 0.25) is 5.02 Å². The molecule has 2 heteroatoms. The van der Waals surface area contributed by atoms with Gasteiger partial charge in [-0.15, -0.1) is 11.8 Å². The highest BCUT2D eigenvalue weighted by Gasteiger charge is 2.02. The fraction of sp³-hybridized carbons (Fsp3) is 0.273. The van der Waals surface area contributed by atoms with Gasteiger partial charge in [0.1, 0.15) is 0 Å². The van der Waals surface area contributed by atoms with Crippen LogP contribution in [0.15, 0.2) is 23.1 Å². The number of hydrogen-bond donors (Lipinski definition) is 0. The molecule has 0 aromatic heterocycles. The van der Waals surface area contributed by atoms with Gasteiger partial charge in [0.2, 0.25) is 0 Å². The fourth-order valence-corrected chi connectivity index (χ4v) is 2.14. The van der Waals surface area contributed by atoms with Crippen LogP contribution in [0, 0.1) is 6.92 Å². The molecule has 0 N–H and O–H groups in total. The van der Waals surface area contributed by atoms with Crippen molar-refractivity contribution in [1.82, 2.24) is 0 Å². The summed E-state index contributed by atoms with van der Waals surface area (Å²) in [6.07, 6.45) is 6.14. The number of aryl methyl sites for hydroxylation is 1. The van der Waals surface area contributed by atoms with E-state index in [0.29, 0.717) is 0 Å². The van der Waals surface area contributed by atoms with Gasteiger partial charge in [-0.05, 0) is 43.4 Å². The summed E-state index contributed by atoms with van der Waals surface area (Å²) in [5.41, 5.74) is 2.47. The fourth-order valence-electron chi connectivity index (χ4n) is 1.19. The SMILES string of the molecule is C/C=C/c1cc(Cl)c(SC)cc1C. The average molecular weight is 213 g/mol. The van der Waals surface area contributed by atoms with Gasteiger partial charge in [-0.1, -0.05) is 23.8 Å². The first kappa shape index (κ1) is 10.7. The smallest absolute Gasteiger partial charge is 0.0547 e. The molecule has 0 atom stereocenters. The van der Waals surface area contributed by atoms with Crippen LogP contribution < -0.4 is 0 Å². The molecule has 0 fully saturated rings. The van der Waals surface area contributed by atoms with Gasteiger partial charge in [0.15, 0.2) is 0 Å². The minimum Gasteiger partial charge on any atom is -0.128 e. The first-order valence-corrected chi connectivity index (χ1v) is 5.76. The highest BCUT2D eigenvalue weighted by molar-refractivity contribution is 7.98. The number of thioether (sulfide) groups is 1. The van der Waals surface area contributed by atoms with E-state index in [0.717, 1.165) is 9.92 Å². The predicted octanol–water partition coefficient (Wildman–Crippen LogP) is 4.40. The Morgan fingerprint density at radius 2 is 2.08 bits per heavy atom. The zero-order chi connectivity index (χ0) is 9.84. The Bertz CT molecular complexity index is 329. The average Bonchev–Trinajstić information content (AvgIpc) is 2.11. The molecule has 1 aromatic carbocycles. The maximum Gasteiger partial charge on any atom is 0.0547 e. The number of halogens is 1. The van der Waals surface area contributed by atoms with Crippen molar-refractivity contribution in [2.45, 2.75) is 18.7 Å². The lowest BCUT2D eigenvalue weighted by atomic mass is 10.1. The van der Waals surface area contributed by atoms with Crippen LogP contribution >= 0.6 is 23.4 Å². The van der Waals surface area contributed by atoms with Gasteiger partial charge in [0.05, 0.1) is 5.02 Å². The molecule has 0 aliphatic carbocycles. The number of hydrogen-bond acceptors (Lipinski definition) is 1. The lowest BCUT2D eigenvalue weighted by Crippen LogP contribution is -1.83. The van der Waals surface area contributed by atoms with E-state index < -0.39 is 0 Å². The Balaban J connectivity index is 3.20. The highest BCUT2D eigenvalue weighted by Crippen LogP contribution is 2.28. The molecule has 0 unspecified atom stereocenters. The van der Waals surface area contributed by atoms with Crippen LogP contribution in [0.1, 0.15) is 18.1 Å². The van der Waals surface area contributed by atoms with Gasteiger partial charge < -0.3 is 0 Å². The number of allylic oxidation sites excluding steroid dienone is 1. The second-order valence-electron chi connectivity index (χ2n) is 2.84. The van der Waals surface area contributed by atoms with Crippen molar-refractivity contribution in [2.75, 3.05) is 6.26 Å². The van der Waals surface area contributed by atoms with Gasteiger partial charge in [0, 0.05) is 4.90 Å². The second-order valence-corrected chi connectivity index (χ2v) is 4.10. The van der Waals surface area contributed by atoms with E-state index in [1.54, 1.807) is 11.8 Å². The Kier molecular flexibility index (Phi) is 3.89. The van der Waals surface area contributed by atoms with E-state index in [9.17, 15) is 0 Å². The molecule has 0 nitrogen and oxygen atoms in total. The van der Waals surface area contributed by atoms with Crippen molar-refractivity contribution in [2.24, 2.45) is 0 Å². The van der Waals surface area contributed by atoms with Gasteiger partial charge >= 0.3 is 0 Å². The molecule has 70 valence electrons. The molecular weight excluding hydrogens is 200 g/mol. The molecule has 0 bridgehead atoms. The summed E-state index contributed by atoms with van der Waals surface area (Å²) in [5, 5.41) is 0.839. The highest BCUT2D eigenvalue weighted by atomic mass is 35.5. The summed E-state index contributed by atoms with van der Waals surface area (Å²) < 4.78 is 0. The molecule has 0 saturated carbocycles. The summed E-state index contributed by atoms with van der Waals surface area (Å²) in [7, 11) is 0. The first-order chi connectivity index (χ1) is 6.19. The molecule has 1 aromatic rings. The minimum atomic E-state index is 0.839. The largest absolute Gasteiger partial charge is 0.128 e. The van der Waals surface area contributed by atoms with E-state index in [1.165, 1.54) is 11.1 Å². The summed E-state index contributed by atoms with van der Waals surface area (Å²) in [5.74, 6) is 0. The summed E-state index contributed by atoms with van der Waals surface area (Å²) in [6, 6.07) is 4.14. The number of benzene rings is 1. The van der Waals surface area contributed by atoms with Crippen molar-refractivity contribution in [1.29, 1.82) is 0 Å². The van der Waals surface area contributed by atoms with Crippen LogP contribution in [-0.2, 0) is 0 Å². The molecule has 0 spiro atoms. The van der Waals surface area contributed by atoms with Crippen molar-refractivity contribution < 1.29 is 0 Å². The zero-order valence-electron chi connectivity index (χ0n) is 8.10. The normalized spacial score (nSPS) is 11.1. The van der Waals surface area contributed by atoms with Crippen LogP contribution in [-0.4, -0.2) is 6.26 Å². The Labute approximate surface area is 89.0 Å². The van der Waals surface area contributed by atoms with Gasteiger partial charge in [-0.3, -0.25) is 0 Å². The van der Waals surface area contributed by atoms with Crippen LogP contribution in [0.25, 0.3) is 6.08 Å². The standard InChI is InChI=1S/C11H13ClS/c1-4-5-9-7-10(12)11(13-3)6-8(9)2/h4-7H,1-3H3/b5-4+. The van der Waals surface area contributed by atoms with E-state index >= 15 is 0 Å². The van der Waals surface area contributed by atoms with E-state index in [2.05, 4.69) is 19.1 Å². The van der Waals surface area contributed by atoms with Crippen molar-refractivity contribution >= 4 is 29.4 Å². The van der Waals surface area contributed by atoms with Crippen LogP contribution in [0.3, 0.4) is 0 Å². The van der Waals surface area contributed by atoms with Gasteiger partial charge in [-0.25, -0.2) is 0 Å². The van der Waals surface area contributed by atoms with Crippen molar-refractivity contribution in [3.05, 3.63) is 34.4 Å². The third-order valence-electron chi connectivity index (χ3n) is 1.89. The maximum atomic E-state index is 6.08. The molecule has 0 heterocycles. The molecule has 13 heavy (non-hydrogen) atoms. The third kappa shape index (κ3) is 2.52. The first-order valence-electron chi connectivity index (χ1n) is 4.16. The molecule has 0 aliphatic rings. The summed E-state index contributed by atoms with van der Waals surface area (Å²) >= 11 is 7.76. The number of rotatable bonds is 2. The van der Waals surface area contributed by atoms with Crippen LogP contribution in [0.5, 0.6) is 0 Å². The Hall–Kier alpha value is -0.400. The molecule has 0 amide bonds. The molecule has 0 aliphatic heterocycles. The maximum absolute atomic E-state index is 6.08. The third-order valence-corrected chi connectivity index (χ3v) is 3.09. The van der Waals surface area contributed by atoms with E-state index in [1.807, 2.05) is 25.3 Å². The van der Waals surface area contributed by atoms with Gasteiger partial charge in [0.25, 0.3) is 0 Å². The van der Waals surface area contributed by atoms with Crippen molar-refractivity contribution in [3.63, 3.8) is 0 Å². The van der Waals surface area contributed by atoms with E-state index in [4.69, 9.17) is 11.6 Å². The van der Waals surface area contributed by atoms with Crippen molar-refractivity contribution in [3.8, 4) is 0 Å². The minimum absolute atomic E-state index is 0.839. The molecule has 1 rings (SSSR count). The van der Waals surface area contributed by atoms with Crippen LogP contribution in [0.4, 0.5) is 0 Å². The molecule has 0 radical (unpaired) electrons. The zero-order valence-corrected chi connectivity index (χ0v) is 9.67. The summed E-state index contributed by atoms with van der Waals surface area (Å²) in [6.45, 7) is 4.11. The molecule has 0 saturated heterocycles.